The molecule has 130 valence electrons. The van der Waals surface area contributed by atoms with E-state index in [9.17, 15) is 0 Å². The van der Waals surface area contributed by atoms with Crippen LogP contribution in [0.15, 0.2) is 48.7 Å². The molecule has 0 bridgehead atoms. The molecule has 0 saturated carbocycles. The maximum atomic E-state index is 5.39. The third kappa shape index (κ3) is 3.22. The van der Waals surface area contributed by atoms with Crippen molar-refractivity contribution in [2.45, 2.75) is 18.9 Å². The van der Waals surface area contributed by atoms with Crippen molar-refractivity contribution in [2.75, 3.05) is 27.3 Å². The molecule has 1 aromatic heterocycles. The van der Waals surface area contributed by atoms with Crippen LogP contribution in [0.1, 0.15) is 23.5 Å². The number of hydrogen-bond donors (Lipinski definition) is 1. The molecule has 1 aliphatic rings. The normalized spacial score (nSPS) is 17.9. The van der Waals surface area contributed by atoms with E-state index in [1.54, 1.807) is 14.2 Å². The summed E-state index contributed by atoms with van der Waals surface area (Å²) in [6, 6.07) is 14.6. The molecule has 2 aromatic carbocycles. The zero-order valence-electron chi connectivity index (χ0n) is 14.8. The minimum Gasteiger partial charge on any atom is -0.497 e. The molecule has 4 heteroatoms. The SMILES string of the molecule is COc1ccc(CN2CCC(c3c[nH]c4ccc(OC)cc34)C2)cc1. The van der Waals surface area contributed by atoms with Gasteiger partial charge in [0.2, 0.25) is 0 Å². The average Bonchev–Trinajstić information content (AvgIpc) is 3.28. The third-order valence-corrected chi connectivity index (χ3v) is 5.20. The Morgan fingerprint density at radius 2 is 1.80 bits per heavy atom. The Bertz CT molecular complexity index is 854. The van der Waals surface area contributed by atoms with E-state index in [1.807, 2.05) is 18.2 Å². The first-order chi connectivity index (χ1) is 12.3. The molecule has 4 nitrogen and oxygen atoms in total. The highest BCUT2D eigenvalue weighted by Crippen LogP contribution is 2.34. The molecule has 1 N–H and O–H groups in total. The second-order valence-corrected chi connectivity index (χ2v) is 6.72. The fourth-order valence-corrected chi connectivity index (χ4v) is 3.81. The molecular weight excluding hydrogens is 312 g/mol. The number of rotatable bonds is 5. The van der Waals surface area contributed by atoms with Crippen LogP contribution in [-0.2, 0) is 6.54 Å². The molecule has 3 aromatic rings. The number of benzene rings is 2. The van der Waals surface area contributed by atoms with Gasteiger partial charge in [0, 0.05) is 30.2 Å². The van der Waals surface area contributed by atoms with Gasteiger partial charge in [-0.25, -0.2) is 0 Å². The van der Waals surface area contributed by atoms with E-state index < -0.39 is 0 Å². The predicted molar refractivity (Wildman–Crippen MR) is 100 cm³/mol. The highest BCUT2D eigenvalue weighted by atomic mass is 16.5. The van der Waals surface area contributed by atoms with Gasteiger partial charge in [-0.15, -0.1) is 0 Å². The Kier molecular flexibility index (Phi) is 4.36. The van der Waals surface area contributed by atoms with Crippen molar-refractivity contribution in [1.82, 2.24) is 9.88 Å². The van der Waals surface area contributed by atoms with Crippen molar-refractivity contribution < 1.29 is 9.47 Å². The Morgan fingerprint density at radius 3 is 2.56 bits per heavy atom. The van der Waals surface area contributed by atoms with Crippen molar-refractivity contribution in [3.63, 3.8) is 0 Å². The number of aromatic amines is 1. The van der Waals surface area contributed by atoms with Crippen LogP contribution in [0.2, 0.25) is 0 Å². The molecule has 2 heterocycles. The predicted octanol–water partition coefficient (Wildman–Crippen LogP) is 4.17. The molecule has 0 radical (unpaired) electrons. The molecule has 1 unspecified atom stereocenters. The summed E-state index contributed by atoms with van der Waals surface area (Å²) in [5, 5.41) is 1.29. The third-order valence-electron chi connectivity index (χ3n) is 5.20. The van der Waals surface area contributed by atoms with Crippen LogP contribution in [0, 0.1) is 0 Å². The lowest BCUT2D eigenvalue weighted by atomic mass is 9.98. The van der Waals surface area contributed by atoms with Crippen LogP contribution in [-0.4, -0.2) is 37.2 Å². The Morgan fingerprint density at radius 1 is 1.04 bits per heavy atom. The van der Waals surface area contributed by atoms with E-state index in [2.05, 4.69) is 40.3 Å². The maximum Gasteiger partial charge on any atom is 0.119 e. The van der Waals surface area contributed by atoms with Crippen molar-refractivity contribution in [3.8, 4) is 11.5 Å². The summed E-state index contributed by atoms with van der Waals surface area (Å²) in [5.41, 5.74) is 3.93. The van der Waals surface area contributed by atoms with Gasteiger partial charge >= 0.3 is 0 Å². The largest absolute Gasteiger partial charge is 0.497 e. The van der Waals surface area contributed by atoms with Crippen molar-refractivity contribution in [3.05, 3.63) is 59.8 Å². The highest BCUT2D eigenvalue weighted by Gasteiger charge is 2.26. The van der Waals surface area contributed by atoms with Gasteiger partial charge in [-0.2, -0.15) is 0 Å². The van der Waals surface area contributed by atoms with Crippen LogP contribution >= 0.6 is 0 Å². The number of fused-ring (bicyclic) bond motifs is 1. The second kappa shape index (κ2) is 6.81. The number of ether oxygens (including phenoxy) is 2. The van der Waals surface area contributed by atoms with E-state index in [1.165, 1.54) is 28.5 Å². The summed E-state index contributed by atoms with van der Waals surface area (Å²) in [7, 11) is 3.43. The van der Waals surface area contributed by atoms with E-state index in [0.29, 0.717) is 5.92 Å². The number of hydrogen-bond acceptors (Lipinski definition) is 3. The van der Waals surface area contributed by atoms with Crippen molar-refractivity contribution in [2.24, 2.45) is 0 Å². The number of nitrogens with zero attached hydrogens (tertiary/aromatic N) is 1. The molecule has 0 amide bonds. The number of methoxy groups -OCH3 is 2. The van der Waals surface area contributed by atoms with Crippen LogP contribution in [0.4, 0.5) is 0 Å². The van der Waals surface area contributed by atoms with Crippen LogP contribution in [0.5, 0.6) is 11.5 Å². The summed E-state index contributed by atoms with van der Waals surface area (Å²) in [6.07, 6.45) is 3.37. The Labute approximate surface area is 148 Å². The van der Waals surface area contributed by atoms with E-state index >= 15 is 0 Å². The molecular formula is C21H24N2O2. The van der Waals surface area contributed by atoms with Crippen LogP contribution < -0.4 is 9.47 Å². The van der Waals surface area contributed by atoms with Gasteiger partial charge in [0.05, 0.1) is 14.2 Å². The Balaban J connectivity index is 1.48. The first-order valence-corrected chi connectivity index (χ1v) is 8.77. The summed E-state index contributed by atoms with van der Waals surface area (Å²) in [4.78, 5) is 5.94. The average molecular weight is 336 g/mol. The summed E-state index contributed by atoms with van der Waals surface area (Å²) in [5.74, 6) is 2.40. The molecule has 1 fully saturated rings. The van der Waals surface area contributed by atoms with Crippen molar-refractivity contribution >= 4 is 10.9 Å². The molecule has 25 heavy (non-hydrogen) atoms. The molecule has 4 rings (SSSR count). The van der Waals surface area contributed by atoms with Gasteiger partial charge in [-0.3, -0.25) is 4.90 Å². The van der Waals surface area contributed by atoms with E-state index in [4.69, 9.17) is 9.47 Å². The van der Waals surface area contributed by atoms with Gasteiger partial charge in [0.15, 0.2) is 0 Å². The monoisotopic (exact) mass is 336 g/mol. The lowest BCUT2D eigenvalue weighted by molar-refractivity contribution is 0.326. The van der Waals surface area contributed by atoms with Gasteiger partial charge in [-0.1, -0.05) is 12.1 Å². The molecule has 0 spiro atoms. The van der Waals surface area contributed by atoms with Gasteiger partial charge in [0.25, 0.3) is 0 Å². The topological polar surface area (TPSA) is 37.5 Å². The van der Waals surface area contributed by atoms with E-state index in [0.717, 1.165) is 31.1 Å². The number of nitrogens with one attached hydrogen (secondary N) is 1. The van der Waals surface area contributed by atoms with Gasteiger partial charge in [-0.05, 0) is 60.3 Å². The fraction of sp³-hybridized carbons (Fsp3) is 0.333. The number of likely N-dealkylation sites (tertiary alicyclic amines) is 1. The fourth-order valence-electron chi connectivity index (χ4n) is 3.81. The maximum absolute atomic E-state index is 5.39. The van der Waals surface area contributed by atoms with Gasteiger partial charge < -0.3 is 14.5 Å². The minimum atomic E-state index is 0.569. The second-order valence-electron chi connectivity index (χ2n) is 6.72. The quantitative estimate of drug-likeness (QED) is 0.760. The molecule has 1 saturated heterocycles. The van der Waals surface area contributed by atoms with Crippen LogP contribution in [0.3, 0.4) is 0 Å². The highest BCUT2D eigenvalue weighted by molar-refractivity contribution is 5.85. The minimum absolute atomic E-state index is 0.569. The Hall–Kier alpha value is -2.46. The van der Waals surface area contributed by atoms with Crippen molar-refractivity contribution in [1.29, 1.82) is 0 Å². The summed E-state index contributed by atoms with van der Waals surface area (Å²) >= 11 is 0. The first-order valence-electron chi connectivity index (χ1n) is 8.77. The zero-order valence-corrected chi connectivity index (χ0v) is 14.8. The zero-order chi connectivity index (χ0) is 17.2. The lowest BCUT2D eigenvalue weighted by Gasteiger charge is -2.16. The molecule has 0 aliphatic carbocycles. The summed E-state index contributed by atoms with van der Waals surface area (Å²) in [6.45, 7) is 3.22. The van der Waals surface area contributed by atoms with E-state index in [-0.39, 0.29) is 0 Å². The molecule has 1 aliphatic heterocycles. The lowest BCUT2D eigenvalue weighted by Crippen LogP contribution is -2.19. The number of aromatic nitrogens is 1. The molecule has 1 atom stereocenters. The smallest absolute Gasteiger partial charge is 0.119 e. The first kappa shape index (κ1) is 16.0. The van der Waals surface area contributed by atoms with Gasteiger partial charge in [0.1, 0.15) is 11.5 Å². The summed E-state index contributed by atoms with van der Waals surface area (Å²) < 4.78 is 10.6. The standard InChI is InChI=1S/C21H24N2O2/c1-24-17-5-3-15(4-6-17)13-23-10-9-16(14-23)20-12-22-21-8-7-18(25-2)11-19(20)21/h3-8,11-12,16,22H,9-10,13-14H2,1-2H3. The number of H-pyrrole nitrogens is 1. The van der Waals surface area contributed by atoms with Crippen LogP contribution in [0.25, 0.3) is 10.9 Å².